The molecule has 0 radical (unpaired) electrons. The molecule has 2 rings (SSSR count). The van der Waals surface area contributed by atoms with Gasteiger partial charge >= 0.3 is 0 Å². The zero-order valence-corrected chi connectivity index (χ0v) is 11.1. The number of imidazole rings is 1. The van der Waals surface area contributed by atoms with Gasteiger partial charge in [0.25, 0.3) is 0 Å². The standard InChI is InChI=1S/C13H23N3O/c1-13(2,17)11-6-4-5-8-16(11)10-12-14-7-9-15(12)3/h7,9,11,17H,4-6,8,10H2,1-3H3. The summed E-state index contributed by atoms with van der Waals surface area (Å²) in [4.78, 5) is 6.73. The summed E-state index contributed by atoms with van der Waals surface area (Å²) >= 11 is 0. The number of hydrogen-bond donors (Lipinski definition) is 1. The van der Waals surface area contributed by atoms with E-state index >= 15 is 0 Å². The second kappa shape index (κ2) is 4.78. The zero-order chi connectivity index (χ0) is 12.5. The second-order valence-electron chi connectivity index (χ2n) is 5.59. The van der Waals surface area contributed by atoms with Crippen LogP contribution in [0.3, 0.4) is 0 Å². The quantitative estimate of drug-likeness (QED) is 0.867. The van der Waals surface area contributed by atoms with E-state index in [1.165, 1.54) is 12.8 Å². The Labute approximate surface area is 103 Å². The number of aryl methyl sites for hydroxylation is 1. The molecule has 1 saturated heterocycles. The smallest absolute Gasteiger partial charge is 0.122 e. The topological polar surface area (TPSA) is 41.3 Å². The van der Waals surface area contributed by atoms with E-state index in [9.17, 15) is 5.11 Å². The molecule has 0 aliphatic carbocycles. The highest BCUT2D eigenvalue weighted by Gasteiger charge is 2.34. The van der Waals surface area contributed by atoms with E-state index in [-0.39, 0.29) is 6.04 Å². The van der Waals surface area contributed by atoms with Crippen LogP contribution in [0.4, 0.5) is 0 Å². The zero-order valence-electron chi connectivity index (χ0n) is 11.1. The fourth-order valence-electron chi connectivity index (χ4n) is 2.71. The summed E-state index contributed by atoms with van der Waals surface area (Å²) in [6.45, 7) is 5.71. The molecule has 1 aliphatic rings. The van der Waals surface area contributed by atoms with Crippen molar-refractivity contribution in [3.05, 3.63) is 18.2 Å². The summed E-state index contributed by atoms with van der Waals surface area (Å²) in [5, 5.41) is 10.2. The maximum absolute atomic E-state index is 10.2. The fourth-order valence-corrected chi connectivity index (χ4v) is 2.71. The molecule has 1 N–H and O–H groups in total. The SMILES string of the molecule is Cn1ccnc1CN1CCCCC1C(C)(C)O. The number of nitrogens with zero attached hydrogens (tertiary/aromatic N) is 3. The average molecular weight is 237 g/mol. The molecule has 0 spiro atoms. The monoisotopic (exact) mass is 237 g/mol. The molecule has 0 amide bonds. The van der Waals surface area contributed by atoms with E-state index < -0.39 is 5.60 Å². The maximum Gasteiger partial charge on any atom is 0.122 e. The van der Waals surface area contributed by atoms with Crippen molar-refractivity contribution < 1.29 is 5.11 Å². The van der Waals surface area contributed by atoms with Gasteiger partial charge < -0.3 is 9.67 Å². The first-order chi connectivity index (χ1) is 7.98. The molecule has 96 valence electrons. The average Bonchev–Trinajstić information content (AvgIpc) is 2.64. The van der Waals surface area contributed by atoms with Crippen LogP contribution in [0.2, 0.25) is 0 Å². The summed E-state index contributed by atoms with van der Waals surface area (Å²) < 4.78 is 2.05. The van der Waals surface area contributed by atoms with Gasteiger partial charge in [0.05, 0.1) is 12.1 Å². The third-order valence-corrected chi connectivity index (χ3v) is 3.69. The van der Waals surface area contributed by atoms with E-state index in [1.54, 1.807) is 0 Å². The van der Waals surface area contributed by atoms with Gasteiger partial charge in [0, 0.05) is 25.5 Å². The van der Waals surface area contributed by atoms with Crippen LogP contribution >= 0.6 is 0 Å². The minimum Gasteiger partial charge on any atom is -0.389 e. The van der Waals surface area contributed by atoms with Gasteiger partial charge in [-0.3, -0.25) is 4.90 Å². The Morgan fingerprint density at radius 1 is 1.47 bits per heavy atom. The van der Waals surface area contributed by atoms with Crippen LogP contribution in [0, 0.1) is 0 Å². The molecular formula is C13H23N3O. The van der Waals surface area contributed by atoms with Crippen molar-refractivity contribution in [2.75, 3.05) is 6.54 Å². The van der Waals surface area contributed by atoms with Crippen LogP contribution in [-0.2, 0) is 13.6 Å². The third-order valence-electron chi connectivity index (χ3n) is 3.69. The van der Waals surface area contributed by atoms with Crippen molar-refractivity contribution in [1.29, 1.82) is 0 Å². The Kier molecular flexibility index (Phi) is 3.54. The number of hydrogen-bond acceptors (Lipinski definition) is 3. The minimum absolute atomic E-state index is 0.243. The summed E-state index contributed by atoms with van der Waals surface area (Å²) in [7, 11) is 2.02. The Balaban J connectivity index is 2.10. The molecule has 1 aromatic heterocycles. The van der Waals surface area contributed by atoms with E-state index in [0.717, 1.165) is 25.3 Å². The lowest BCUT2D eigenvalue weighted by Gasteiger charge is -2.42. The molecule has 17 heavy (non-hydrogen) atoms. The third kappa shape index (κ3) is 2.87. The van der Waals surface area contributed by atoms with E-state index in [1.807, 2.05) is 33.3 Å². The summed E-state index contributed by atoms with van der Waals surface area (Å²) in [5.41, 5.74) is -0.633. The molecule has 1 aromatic rings. The van der Waals surface area contributed by atoms with Gasteiger partial charge in [0.2, 0.25) is 0 Å². The lowest BCUT2D eigenvalue weighted by atomic mass is 9.89. The second-order valence-corrected chi connectivity index (χ2v) is 5.59. The number of rotatable bonds is 3. The first-order valence-electron chi connectivity index (χ1n) is 6.41. The molecule has 2 heterocycles. The molecule has 0 saturated carbocycles. The molecule has 1 atom stereocenters. The highest BCUT2D eigenvalue weighted by Crippen LogP contribution is 2.27. The lowest BCUT2D eigenvalue weighted by molar-refractivity contribution is -0.0408. The molecule has 0 aromatic carbocycles. The summed E-state index contributed by atoms with van der Waals surface area (Å²) in [6, 6.07) is 0.243. The summed E-state index contributed by atoms with van der Waals surface area (Å²) in [6.07, 6.45) is 7.31. The van der Waals surface area contributed by atoms with Gasteiger partial charge in [-0.05, 0) is 33.2 Å². The van der Waals surface area contributed by atoms with E-state index in [0.29, 0.717) is 0 Å². The Hall–Kier alpha value is -0.870. The highest BCUT2D eigenvalue weighted by atomic mass is 16.3. The molecule has 1 aliphatic heterocycles. The van der Waals surface area contributed by atoms with Gasteiger partial charge in [-0.25, -0.2) is 4.98 Å². The Morgan fingerprint density at radius 3 is 2.82 bits per heavy atom. The van der Waals surface area contributed by atoms with Gasteiger partial charge in [-0.1, -0.05) is 6.42 Å². The van der Waals surface area contributed by atoms with Crippen LogP contribution in [0.5, 0.6) is 0 Å². The lowest BCUT2D eigenvalue weighted by Crippen LogP contribution is -2.51. The summed E-state index contributed by atoms with van der Waals surface area (Å²) in [5.74, 6) is 1.07. The van der Waals surface area contributed by atoms with Crippen LogP contribution in [0.15, 0.2) is 12.4 Å². The van der Waals surface area contributed by atoms with Gasteiger partial charge in [-0.15, -0.1) is 0 Å². The molecule has 1 unspecified atom stereocenters. The molecular weight excluding hydrogens is 214 g/mol. The number of piperidine rings is 1. The van der Waals surface area contributed by atoms with Crippen molar-refractivity contribution in [3.63, 3.8) is 0 Å². The van der Waals surface area contributed by atoms with Crippen molar-refractivity contribution in [1.82, 2.24) is 14.5 Å². The van der Waals surface area contributed by atoms with E-state index in [2.05, 4.69) is 14.5 Å². The van der Waals surface area contributed by atoms with Crippen molar-refractivity contribution >= 4 is 0 Å². The predicted octanol–water partition coefficient (Wildman–Crippen LogP) is 1.55. The van der Waals surface area contributed by atoms with Crippen molar-refractivity contribution in [2.45, 2.75) is 51.3 Å². The largest absolute Gasteiger partial charge is 0.389 e. The van der Waals surface area contributed by atoms with Crippen molar-refractivity contribution in [2.24, 2.45) is 7.05 Å². The number of aromatic nitrogens is 2. The minimum atomic E-state index is -0.633. The highest BCUT2D eigenvalue weighted by molar-refractivity contribution is 4.95. The molecule has 0 bridgehead atoms. The van der Waals surface area contributed by atoms with E-state index in [4.69, 9.17) is 0 Å². The maximum atomic E-state index is 10.2. The van der Waals surface area contributed by atoms with Gasteiger partial charge in [0.15, 0.2) is 0 Å². The van der Waals surface area contributed by atoms with Crippen LogP contribution < -0.4 is 0 Å². The first-order valence-corrected chi connectivity index (χ1v) is 6.41. The molecule has 4 heteroatoms. The van der Waals surface area contributed by atoms with Crippen molar-refractivity contribution in [3.8, 4) is 0 Å². The first kappa shape index (κ1) is 12.6. The van der Waals surface area contributed by atoms with Gasteiger partial charge in [0.1, 0.15) is 5.82 Å². The Morgan fingerprint density at radius 2 is 2.24 bits per heavy atom. The van der Waals surface area contributed by atoms with Gasteiger partial charge in [-0.2, -0.15) is 0 Å². The van der Waals surface area contributed by atoms with Crippen LogP contribution in [0.1, 0.15) is 38.9 Å². The van der Waals surface area contributed by atoms with Crippen LogP contribution in [0.25, 0.3) is 0 Å². The molecule has 1 fully saturated rings. The fraction of sp³-hybridized carbons (Fsp3) is 0.769. The van der Waals surface area contributed by atoms with Crippen LogP contribution in [-0.4, -0.2) is 37.7 Å². The predicted molar refractivity (Wildman–Crippen MR) is 67.6 cm³/mol. The number of aliphatic hydroxyl groups is 1. The molecule has 4 nitrogen and oxygen atoms in total. The Bertz CT molecular complexity index is 367. The normalized spacial score (nSPS) is 22.9. The number of likely N-dealkylation sites (tertiary alicyclic amines) is 1.